The van der Waals surface area contributed by atoms with E-state index in [4.69, 9.17) is 11.5 Å². The standard InChI is InChI=1S/C52H85N9O15/c1-5-28(2)20-29(3)12-10-8-6-7-9-11-13-42(70)56-35-23-33(63)26-55-50(74)46-38(66)17-19-60(46)52(76)45(40(68)25-41(54)69)59-49(73)44(39(67)22-31-14-15-37(65)32(21-31)16-18-53)58-48(72)36-24-34(64)27-61(36)51(75)43(30(4)62)57-47(35)71/h14-15,21,28-30,33-36,38-40,43-46,62-68H,5-13,16-20,22-27,53H2,1-4H3,(H2,54,69)(H,55,74)(H,56,70)(H,57,71)(H,58,72)(H,59,73)/t28?,29?,30-,33+,34+,35?,36-,38-,39+,40-,43-,44-,45-,46-/m0/s1. The maximum absolute atomic E-state index is 14.5. The summed E-state index contributed by atoms with van der Waals surface area (Å²) in [5.41, 5.74) is 11.8. The Hall–Kier alpha value is -5.50. The molecule has 0 spiro atoms. The van der Waals surface area contributed by atoms with Crippen molar-refractivity contribution in [1.29, 1.82) is 0 Å². The lowest BCUT2D eigenvalue weighted by Crippen LogP contribution is -2.64. The van der Waals surface area contributed by atoms with E-state index in [-0.39, 0.29) is 38.1 Å². The molecule has 0 radical (unpaired) electrons. The largest absolute Gasteiger partial charge is 0.508 e. The number of unbranched alkanes of at least 4 members (excludes halogenated alkanes) is 5. The number of rotatable bonds is 22. The van der Waals surface area contributed by atoms with Gasteiger partial charge in [-0.3, -0.25) is 38.4 Å². The zero-order valence-corrected chi connectivity index (χ0v) is 44.4. The minimum Gasteiger partial charge on any atom is -0.508 e. The number of primary amides is 1. The predicted molar refractivity (Wildman–Crippen MR) is 276 cm³/mol. The molecule has 3 aliphatic rings. The molecule has 3 unspecified atom stereocenters. The number of phenols is 1. The molecule has 0 aromatic heterocycles. The summed E-state index contributed by atoms with van der Waals surface area (Å²) in [6.45, 7) is 6.60. The SMILES string of the molecule is CCC(C)CC(C)CCCCCCCCC(=O)NC1C[C@@H](O)CNC(=O)[C@@H]2[C@@H](O)CCN2C(=O)[C@H]([C@@H](O)CC(N)=O)NC(=O)[C@H]([C@H](O)Cc2ccc(O)c(CCN)c2)NC(=O)[C@@H]2C[C@@H](O)CN2C(=O)[C@H]([C@H](C)O)NC1=O. The van der Waals surface area contributed by atoms with Crippen LogP contribution in [0.1, 0.15) is 129 Å². The lowest BCUT2D eigenvalue weighted by molar-refractivity contribution is -0.147. The highest BCUT2D eigenvalue weighted by molar-refractivity contribution is 5.98. The number of fused-ring (bicyclic) bond motifs is 2. The van der Waals surface area contributed by atoms with Crippen LogP contribution in [0.5, 0.6) is 5.75 Å². The fourth-order valence-corrected chi connectivity index (χ4v) is 10.2. The molecule has 16 N–H and O–H groups in total. The summed E-state index contributed by atoms with van der Waals surface area (Å²) in [6.07, 6.45) is -3.67. The van der Waals surface area contributed by atoms with Crippen molar-refractivity contribution in [1.82, 2.24) is 36.4 Å². The third-order valence-electron chi connectivity index (χ3n) is 14.7. The maximum atomic E-state index is 14.5. The van der Waals surface area contributed by atoms with E-state index >= 15 is 0 Å². The van der Waals surface area contributed by atoms with Crippen molar-refractivity contribution in [2.45, 2.75) is 203 Å². The fourth-order valence-electron chi connectivity index (χ4n) is 10.2. The molecule has 14 atom stereocenters. The third-order valence-corrected chi connectivity index (χ3v) is 14.7. The zero-order valence-electron chi connectivity index (χ0n) is 44.4. The molecule has 8 amide bonds. The molecule has 1 aromatic carbocycles. The highest BCUT2D eigenvalue weighted by Crippen LogP contribution is 2.26. The Bertz CT molecular complexity index is 2130. The number of nitrogens with one attached hydrogen (secondary N) is 5. The number of nitrogens with zero attached hydrogens (tertiary/aromatic N) is 2. The summed E-state index contributed by atoms with van der Waals surface area (Å²) in [6, 6.07) is -6.66. The molecule has 3 saturated heterocycles. The molecule has 0 aliphatic carbocycles. The fraction of sp³-hybridized carbons (Fsp3) is 0.731. The van der Waals surface area contributed by atoms with Crippen LogP contribution in [0, 0.1) is 11.8 Å². The van der Waals surface area contributed by atoms with Crippen molar-refractivity contribution in [3.63, 3.8) is 0 Å². The molecule has 1 aromatic rings. The molecule has 0 bridgehead atoms. The number of β-amino-alcohol motifs (C(OH)–C–C–N with tert-alkyl or cyclic N) is 1. The first-order valence-electron chi connectivity index (χ1n) is 26.9. The number of nitrogens with two attached hydrogens (primary N) is 2. The molecule has 3 fully saturated rings. The van der Waals surface area contributed by atoms with Crippen molar-refractivity contribution in [2.75, 3.05) is 26.2 Å². The topological polar surface area (TPSA) is 397 Å². The Morgan fingerprint density at radius 3 is 2.08 bits per heavy atom. The molecule has 3 aliphatic heterocycles. The van der Waals surface area contributed by atoms with Crippen LogP contribution in [-0.4, -0.2) is 192 Å². The molecule has 3 heterocycles. The van der Waals surface area contributed by atoms with Gasteiger partial charge in [-0.15, -0.1) is 0 Å². The summed E-state index contributed by atoms with van der Waals surface area (Å²) in [5.74, 6) is -7.25. The van der Waals surface area contributed by atoms with Crippen LogP contribution in [0.4, 0.5) is 0 Å². The van der Waals surface area contributed by atoms with Crippen molar-refractivity contribution < 1.29 is 74.1 Å². The minimum absolute atomic E-state index is 0.000349. The number of phenolic OH excluding ortho intramolecular Hbond substituents is 1. The van der Waals surface area contributed by atoms with Gasteiger partial charge in [0.25, 0.3) is 0 Å². The Balaban J connectivity index is 1.67. The summed E-state index contributed by atoms with van der Waals surface area (Å²) >= 11 is 0. The molecular formula is C52H85N9O15. The smallest absolute Gasteiger partial charge is 0.248 e. The van der Waals surface area contributed by atoms with Gasteiger partial charge in [0.2, 0.25) is 47.3 Å². The van der Waals surface area contributed by atoms with Gasteiger partial charge in [0.1, 0.15) is 42.0 Å². The molecule has 428 valence electrons. The van der Waals surface area contributed by atoms with Crippen LogP contribution >= 0.6 is 0 Å². The lowest BCUT2D eigenvalue weighted by Gasteiger charge is -2.33. The number of carbonyl (C=O) groups is 8. The van der Waals surface area contributed by atoms with Crippen LogP contribution in [0.3, 0.4) is 0 Å². The Labute approximate surface area is 444 Å². The van der Waals surface area contributed by atoms with Gasteiger partial charge < -0.3 is 83.6 Å². The summed E-state index contributed by atoms with van der Waals surface area (Å²) < 4.78 is 0. The number of hydrogen-bond acceptors (Lipinski definition) is 16. The van der Waals surface area contributed by atoms with Gasteiger partial charge in [0, 0.05) is 45.3 Å². The molecule has 76 heavy (non-hydrogen) atoms. The second kappa shape index (κ2) is 30.4. The minimum atomic E-state index is -2.12. The summed E-state index contributed by atoms with van der Waals surface area (Å²) in [7, 11) is 0. The first kappa shape index (κ1) is 63.0. The van der Waals surface area contributed by atoms with E-state index < -0.39 is 159 Å². The van der Waals surface area contributed by atoms with Crippen molar-refractivity contribution in [3.05, 3.63) is 29.3 Å². The average Bonchev–Trinajstić information content (AvgIpc) is 3.95. The van der Waals surface area contributed by atoms with Crippen molar-refractivity contribution in [2.24, 2.45) is 23.3 Å². The lowest BCUT2D eigenvalue weighted by atomic mass is 9.91. The van der Waals surface area contributed by atoms with Crippen LogP contribution in [0.25, 0.3) is 0 Å². The molecular weight excluding hydrogens is 991 g/mol. The van der Waals surface area contributed by atoms with E-state index in [0.717, 1.165) is 54.7 Å². The first-order valence-corrected chi connectivity index (χ1v) is 26.9. The summed E-state index contributed by atoms with van der Waals surface area (Å²) in [4.78, 5) is 113. The number of aliphatic hydroxyl groups is 6. The monoisotopic (exact) mass is 1080 g/mol. The van der Waals surface area contributed by atoms with Gasteiger partial charge in [0.15, 0.2) is 0 Å². The first-order chi connectivity index (χ1) is 35.9. The number of aromatic hydroxyl groups is 1. The van der Waals surface area contributed by atoms with E-state index in [0.29, 0.717) is 29.4 Å². The van der Waals surface area contributed by atoms with Gasteiger partial charge in [-0.1, -0.05) is 77.8 Å². The number of carbonyl (C=O) groups excluding carboxylic acids is 8. The van der Waals surface area contributed by atoms with Crippen LogP contribution in [-0.2, 0) is 51.2 Å². The molecule has 24 nitrogen and oxygen atoms in total. The van der Waals surface area contributed by atoms with Gasteiger partial charge in [-0.05, 0) is 68.2 Å². The Morgan fingerprint density at radius 1 is 0.776 bits per heavy atom. The average molecular weight is 1080 g/mol. The highest BCUT2D eigenvalue weighted by Gasteiger charge is 2.48. The Kier molecular flexibility index (Phi) is 25.2. The van der Waals surface area contributed by atoms with Crippen molar-refractivity contribution >= 4 is 47.3 Å². The van der Waals surface area contributed by atoms with Gasteiger partial charge in [-0.2, -0.15) is 0 Å². The number of amides is 8. The van der Waals surface area contributed by atoms with Gasteiger partial charge in [-0.25, -0.2) is 0 Å². The second-order valence-electron chi connectivity index (χ2n) is 21.2. The summed E-state index contributed by atoms with van der Waals surface area (Å²) in [5, 5.41) is 89.8. The van der Waals surface area contributed by atoms with E-state index in [1.54, 1.807) is 0 Å². The molecule has 4 rings (SSSR count). The number of hydrogen-bond donors (Lipinski definition) is 14. The number of aliphatic hydroxyl groups excluding tert-OH is 6. The third kappa shape index (κ3) is 18.6. The van der Waals surface area contributed by atoms with Gasteiger partial charge >= 0.3 is 0 Å². The second-order valence-corrected chi connectivity index (χ2v) is 21.2. The van der Waals surface area contributed by atoms with E-state index in [1.165, 1.54) is 31.5 Å². The Morgan fingerprint density at radius 2 is 1.42 bits per heavy atom. The van der Waals surface area contributed by atoms with Crippen molar-refractivity contribution in [3.8, 4) is 5.75 Å². The zero-order chi connectivity index (χ0) is 56.4. The molecule has 0 saturated carbocycles. The normalized spacial score (nSPS) is 27.4. The maximum Gasteiger partial charge on any atom is 0.248 e. The number of benzene rings is 1. The molecule has 24 heteroatoms. The predicted octanol–water partition coefficient (Wildman–Crippen LogP) is -2.65. The van der Waals surface area contributed by atoms with E-state index in [2.05, 4.69) is 47.4 Å². The van der Waals surface area contributed by atoms with Crippen LogP contribution in [0.2, 0.25) is 0 Å². The van der Waals surface area contributed by atoms with Crippen LogP contribution < -0.4 is 38.1 Å². The quantitative estimate of drug-likeness (QED) is 0.0528. The highest BCUT2D eigenvalue weighted by atomic mass is 16.3. The van der Waals surface area contributed by atoms with Crippen LogP contribution in [0.15, 0.2) is 18.2 Å². The van der Waals surface area contributed by atoms with E-state index in [9.17, 15) is 74.1 Å². The van der Waals surface area contributed by atoms with Gasteiger partial charge in [0.05, 0.1) is 43.0 Å². The van der Waals surface area contributed by atoms with E-state index in [1.807, 2.05) is 0 Å².